The molecular weight excluding hydrogens is 249 g/mol. The normalized spacial score (nSPS) is 12.6. The summed E-state index contributed by atoms with van der Waals surface area (Å²) in [4.78, 5) is 0. The molecule has 0 aliphatic carbocycles. The van der Waals surface area contributed by atoms with Crippen LogP contribution in [0.2, 0.25) is 0 Å². The average Bonchev–Trinajstić information content (AvgIpc) is 2.18. The third kappa shape index (κ3) is 2.45. The van der Waals surface area contributed by atoms with Crippen molar-refractivity contribution < 1.29 is 9.13 Å². The molecule has 0 saturated carbocycles. The third-order valence-corrected chi connectivity index (χ3v) is 2.82. The number of methoxy groups -OCH3 is 1. The summed E-state index contributed by atoms with van der Waals surface area (Å²) in [6, 6.07) is 5.28. The van der Waals surface area contributed by atoms with E-state index in [1.807, 2.05) is 0 Å². The van der Waals surface area contributed by atoms with Crippen molar-refractivity contribution in [1.29, 1.82) is 0 Å². The van der Waals surface area contributed by atoms with Gasteiger partial charge in [0.15, 0.2) is 0 Å². The lowest BCUT2D eigenvalue weighted by atomic mass is 10.1. The topological polar surface area (TPSA) is 35.2 Å². The Balaban J connectivity index is 2.96. The molecule has 1 atom stereocenters. The lowest BCUT2D eigenvalue weighted by Gasteiger charge is -2.11. The highest BCUT2D eigenvalue weighted by atomic mass is 79.9. The monoisotopic (exact) mass is 261 g/mol. The van der Waals surface area contributed by atoms with Crippen molar-refractivity contribution in [1.82, 2.24) is 0 Å². The maximum absolute atomic E-state index is 13.5. The molecular formula is C10H13BrFNO. The molecule has 2 N–H and O–H groups in total. The summed E-state index contributed by atoms with van der Waals surface area (Å²) >= 11 is 3.31. The Bertz CT molecular complexity index is 306. The van der Waals surface area contributed by atoms with Gasteiger partial charge in [-0.3, -0.25) is 0 Å². The van der Waals surface area contributed by atoms with E-state index in [2.05, 4.69) is 15.9 Å². The van der Waals surface area contributed by atoms with Crippen LogP contribution in [0.15, 0.2) is 22.7 Å². The van der Waals surface area contributed by atoms with E-state index in [-0.39, 0.29) is 0 Å². The van der Waals surface area contributed by atoms with Crippen LogP contribution in [0.25, 0.3) is 0 Å². The number of halogens is 2. The zero-order valence-corrected chi connectivity index (χ0v) is 9.55. The summed E-state index contributed by atoms with van der Waals surface area (Å²) in [7, 11) is 1.56. The van der Waals surface area contributed by atoms with Gasteiger partial charge in [-0.25, -0.2) is 4.39 Å². The first-order chi connectivity index (χ1) is 6.70. The molecule has 0 amide bonds. The highest BCUT2D eigenvalue weighted by molar-refractivity contribution is 9.10. The van der Waals surface area contributed by atoms with Gasteiger partial charge in [0, 0.05) is 5.56 Å². The zero-order chi connectivity index (χ0) is 10.6. The lowest BCUT2D eigenvalue weighted by Crippen LogP contribution is -2.04. The minimum atomic E-state index is -1.04. The number of alkyl halides is 1. The van der Waals surface area contributed by atoms with E-state index in [9.17, 15) is 4.39 Å². The molecule has 0 bridgehead atoms. The molecule has 1 rings (SSSR count). The molecule has 4 heteroatoms. The second kappa shape index (κ2) is 5.32. The molecule has 0 heterocycles. The number of rotatable bonds is 4. The summed E-state index contributed by atoms with van der Waals surface area (Å²) in [6.45, 7) is 0.338. The van der Waals surface area contributed by atoms with E-state index in [1.165, 1.54) is 0 Å². The lowest BCUT2D eigenvalue weighted by molar-refractivity contribution is 0.324. The molecule has 1 aromatic carbocycles. The first-order valence-corrected chi connectivity index (χ1v) is 5.16. The van der Waals surface area contributed by atoms with Crippen LogP contribution in [0.3, 0.4) is 0 Å². The van der Waals surface area contributed by atoms with Crippen molar-refractivity contribution >= 4 is 15.9 Å². The molecule has 0 radical (unpaired) electrons. The molecule has 14 heavy (non-hydrogen) atoms. The number of benzene rings is 1. The van der Waals surface area contributed by atoms with Crippen molar-refractivity contribution in [3.05, 3.63) is 28.2 Å². The van der Waals surface area contributed by atoms with Crippen molar-refractivity contribution in [2.75, 3.05) is 13.7 Å². The second-order valence-corrected chi connectivity index (χ2v) is 3.70. The fraction of sp³-hybridized carbons (Fsp3) is 0.400. The van der Waals surface area contributed by atoms with Gasteiger partial charge in [-0.15, -0.1) is 0 Å². The van der Waals surface area contributed by atoms with E-state index < -0.39 is 6.17 Å². The minimum absolute atomic E-state index is 0.325. The Hall–Kier alpha value is -0.610. The van der Waals surface area contributed by atoms with E-state index in [1.54, 1.807) is 25.3 Å². The smallest absolute Gasteiger partial charge is 0.133 e. The molecule has 2 nitrogen and oxygen atoms in total. The third-order valence-electron chi connectivity index (χ3n) is 1.97. The van der Waals surface area contributed by atoms with Gasteiger partial charge in [0.1, 0.15) is 11.9 Å². The fourth-order valence-corrected chi connectivity index (χ4v) is 1.90. The Labute approximate surface area is 91.4 Å². The van der Waals surface area contributed by atoms with E-state index in [0.29, 0.717) is 28.8 Å². The van der Waals surface area contributed by atoms with Gasteiger partial charge in [-0.1, -0.05) is 12.1 Å². The van der Waals surface area contributed by atoms with E-state index in [0.717, 1.165) is 0 Å². The maximum Gasteiger partial charge on any atom is 0.133 e. The van der Waals surface area contributed by atoms with Crippen molar-refractivity contribution in [2.45, 2.75) is 12.6 Å². The summed E-state index contributed by atoms with van der Waals surface area (Å²) in [5.74, 6) is 0.641. The summed E-state index contributed by atoms with van der Waals surface area (Å²) in [5, 5.41) is 0. The van der Waals surface area contributed by atoms with Gasteiger partial charge < -0.3 is 10.5 Å². The molecule has 0 saturated heterocycles. The van der Waals surface area contributed by atoms with Gasteiger partial charge in [0.05, 0.1) is 11.6 Å². The van der Waals surface area contributed by atoms with Crippen LogP contribution in [0.5, 0.6) is 5.75 Å². The van der Waals surface area contributed by atoms with Gasteiger partial charge in [0.25, 0.3) is 0 Å². The van der Waals surface area contributed by atoms with Crippen LogP contribution in [0.4, 0.5) is 4.39 Å². The molecule has 0 aliphatic rings. The van der Waals surface area contributed by atoms with Crippen LogP contribution < -0.4 is 10.5 Å². The predicted molar refractivity (Wildman–Crippen MR) is 58.2 cm³/mol. The Morgan fingerprint density at radius 3 is 2.86 bits per heavy atom. The van der Waals surface area contributed by atoms with Crippen molar-refractivity contribution in [3.63, 3.8) is 0 Å². The Kier molecular flexibility index (Phi) is 4.35. The van der Waals surface area contributed by atoms with Crippen molar-refractivity contribution in [3.8, 4) is 5.75 Å². The molecule has 0 spiro atoms. The first-order valence-electron chi connectivity index (χ1n) is 4.37. The Morgan fingerprint density at radius 2 is 2.29 bits per heavy atom. The minimum Gasteiger partial charge on any atom is -0.496 e. The van der Waals surface area contributed by atoms with Gasteiger partial charge in [-0.2, -0.15) is 0 Å². The van der Waals surface area contributed by atoms with E-state index >= 15 is 0 Å². The SMILES string of the molecule is COc1cccc(C(F)CCN)c1Br. The van der Waals surface area contributed by atoms with Crippen LogP contribution in [0.1, 0.15) is 18.2 Å². The first kappa shape index (κ1) is 11.5. The highest BCUT2D eigenvalue weighted by Crippen LogP contribution is 2.34. The highest BCUT2D eigenvalue weighted by Gasteiger charge is 2.14. The van der Waals surface area contributed by atoms with Crippen LogP contribution in [-0.2, 0) is 0 Å². The summed E-state index contributed by atoms with van der Waals surface area (Å²) in [6.07, 6.45) is -0.712. The van der Waals surface area contributed by atoms with Crippen molar-refractivity contribution in [2.24, 2.45) is 5.73 Å². The molecule has 1 unspecified atom stereocenters. The van der Waals surface area contributed by atoms with Gasteiger partial charge in [-0.05, 0) is 35.0 Å². The standard InChI is InChI=1S/C10H13BrFNO/c1-14-9-4-2-3-7(10(9)11)8(12)5-6-13/h2-4,8H,5-6,13H2,1H3. The maximum atomic E-state index is 13.5. The largest absolute Gasteiger partial charge is 0.496 e. The molecule has 1 aromatic rings. The van der Waals surface area contributed by atoms with Crippen LogP contribution in [0, 0.1) is 0 Å². The number of ether oxygens (including phenoxy) is 1. The van der Waals surface area contributed by atoms with Gasteiger partial charge in [0.2, 0.25) is 0 Å². The predicted octanol–water partition coefficient (Wildman–Crippen LogP) is 2.82. The quantitative estimate of drug-likeness (QED) is 0.905. The number of hydrogen-bond donors (Lipinski definition) is 1. The zero-order valence-electron chi connectivity index (χ0n) is 7.97. The number of nitrogens with two attached hydrogens (primary N) is 1. The summed E-state index contributed by atoms with van der Waals surface area (Å²) < 4.78 is 19.3. The number of hydrogen-bond acceptors (Lipinski definition) is 2. The molecule has 0 fully saturated rings. The molecule has 0 aromatic heterocycles. The molecule has 78 valence electrons. The second-order valence-electron chi connectivity index (χ2n) is 2.91. The average molecular weight is 262 g/mol. The molecule has 0 aliphatic heterocycles. The summed E-state index contributed by atoms with van der Waals surface area (Å²) in [5.41, 5.74) is 5.89. The fourth-order valence-electron chi connectivity index (χ4n) is 1.23. The van der Waals surface area contributed by atoms with E-state index in [4.69, 9.17) is 10.5 Å². The Morgan fingerprint density at radius 1 is 1.57 bits per heavy atom. The van der Waals surface area contributed by atoms with Crippen LogP contribution in [-0.4, -0.2) is 13.7 Å². The van der Waals surface area contributed by atoms with Crippen LogP contribution >= 0.6 is 15.9 Å². The van der Waals surface area contributed by atoms with Gasteiger partial charge >= 0.3 is 0 Å².